The molecule has 2 aromatic heterocycles. The van der Waals surface area contributed by atoms with Crippen LogP contribution in [0.1, 0.15) is 19.3 Å². The molecule has 3 atom stereocenters. The van der Waals surface area contributed by atoms with Crippen LogP contribution in [0.15, 0.2) is 42.9 Å². The number of benzene rings is 1. The second kappa shape index (κ2) is 7.70. The van der Waals surface area contributed by atoms with E-state index in [4.69, 9.17) is 4.74 Å². The van der Waals surface area contributed by atoms with Gasteiger partial charge in [0.25, 0.3) is 5.92 Å². The first-order chi connectivity index (χ1) is 15.3. The smallest absolute Gasteiger partial charge is 0.264 e. The van der Waals surface area contributed by atoms with Gasteiger partial charge in [-0.3, -0.25) is 0 Å². The van der Waals surface area contributed by atoms with E-state index >= 15 is 0 Å². The average molecular weight is 442 g/mol. The number of alkyl halides is 2. The lowest BCUT2D eigenvalue weighted by atomic mass is 9.98. The number of halogens is 2. The Balaban J connectivity index is 1.32. The molecule has 0 radical (unpaired) electrons. The SMILES string of the molecule is COc1cn(-c2ccc(-c3ccc(N(C)[C@@H]4CC5CC(F)(F)C(C4)N5)nn3)c(O)c2)cn1. The summed E-state index contributed by atoms with van der Waals surface area (Å²) in [5, 5.41) is 22.1. The van der Waals surface area contributed by atoms with Crippen molar-refractivity contribution >= 4 is 5.82 Å². The van der Waals surface area contributed by atoms with Gasteiger partial charge in [-0.1, -0.05) is 0 Å². The summed E-state index contributed by atoms with van der Waals surface area (Å²) in [6.45, 7) is 0. The van der Waals surface area contributed by atoms with E-state index in [-0.39, 0.29) is 24.3 Å². The molecule has 2 N–H and O–H groups in total. The number of hydrogen-bond acceptors (Lipinski definition) is 7. The van der Waals surface area contributed by atoms with E-state index in [1.807, 2.05) is 18.0 Å². The third-order valence-electron chi connectivity index (χ3n) is 6.41. The number of aromatic nitrogens is 4. The highest BCUT2D eigenvalue weighted by molar-refractivity contribution is 5.69. The number of aromatic hydroxyl groups is 1. The zero-order valence-corrected chi connectivity index (χ0v) is 17.7. The molecule has 32 heavy (non-hydrogen) atoms. The minimum atomic E-state index is -2.65. The number of phenols is 1. The Kier molecular flexibility index (Phi) is 4.96. The zero-order chi connectivity index (χ0) is 22.5. The normalized spacial score (nSPS) is 23.8. The number of phenolic OH excluding ortho intramolecular Hbond substituents is 1. The molecule has 0 aliphatic carbocycles. The molecule has 2 fully saturated rings. The van der Waals surface area contributed by atoms with Gasteiger partial charge in [-0.05, 0) is 37.1 Å². The molecule has 2 unspecified atom stereocenters. The van der Waals surface area contributed by atoms with Crippen LogP contribution in [-0.2, 0) is 0 Å². The van der Waals surface area contributed by atoms with Crippen LogP contribution in [0.5, 0.6) is 11.6 Å². The Morgan fingerprint density at radius 3 is 2.72 bits per heavy atom. The molecule has 2 bridgehead atoms. The summed E-state index contributed by atoms with van der Waals surface area (Å²) in [6, 6.07) is 7.81. The van der Waals surface area contributed by atoms with Crippen LogP contribution in [0.3, 0.4) is 0 Å². The topological polar surface area (TPSA) is 88.3 Å². The number of imidazole rings is 1. The van der Waals surface area contributed by atoms with Crippen molar-refractivity contribution in [1.82, 2.24) is 25.1 Å². The van der Waals surface area contributed by atoms with E-state index in [9.17, 15) is 13.9 Å². The number of rotatable bonds is 5. The van der Waals surface area contributed by atoms with Crippen molar-refractivity contribution in [2.75, 3.05) is 19.1 Å². The van der Waals surface area contributed by atoms with E-state index in [1.165, 1.54) is 7.11 Å². The molecule has 2 saturated heterocycles. The summed E-state index contributed by atoms with van der Waals surface area (Å²) in [5.41, 5.74) is 1.79. The number of nitrogens with zero attached hydrogens (tertiary/aromatic N) is 5. The first-order valence-corrected chi connectivity index (χ1v) is 10.5. The van der Waals surface area contributed by atoms with Crippen LogP contribution in [-0.4, -0.2) is 63.1 Å². The molecule has 0 amide bonds. The van der Waals surface area contributed by atoms with Crippen molar-refractivity contribution in [3.8, 4) is 28.6 Å². The highest BCUT2D eigenvalue weighted by Gasteiger charge is 2.53. The summed E-state index contributed by atoms with van der Waals surface area (Å²) >= 11 is 0. The first kappa shape index (κ1) is 20.6. The van der Waals surface area contributed by atoms with Crippen LogP contribution < -0.4 is 15.0 Å². The monoisotopic (exact) mass is 442 g/mol. The molecule has 1 aromatic carbocycles. The van der Waals surface area contributed by atoms with Gasteiger partial charge in [-0.25, -0.2) is 13.8 Å². The second-order valence-corrected chi connectivity index (χ2v) is 8.42. The largest absolute Gasteiger partial charge is 0.507 e. The third-order valence-corrected chi connectivity index (χ3v) is 6.41. The molecular formula is C22H24F2N6O2. The number of anilines is 1. The predicted octanol–water partition coefficient (Wildman–Crippen LogP) is 3.01. The van der Waals surface area contributed by atoms with Gasteiger partial charge >= 0.3 is 0 Å². The van der Waals surface area contributed by atoms with E-state index < -0.39 is 12.0 Å². The number of ether oxygens (including phenoxy) is 1. The molecule has 8 nitrogen and oxygen atoms in total. The van der Waals surface area contributed by atoms with Crippen molar-refractivity contribution < 1.29 is 18.6 Å². The Labute approximate surface area is 183 Å². The standard InChI is InChI=1S/C22H24F2N6O2/c1-29(15-7-13-10-22(23,24)19(9-15)26-13)20-6-5-17(27-28-20)16-4-3-14(8-18(16)31)30-11-21(32-2)25-12-30/h3-6,8,11-13,15,19,26,31H,7,9-10H2,1-2H3/t13?,15-,19?/m1/s1. The lowest BCUT2D eigenvalue weighted by Crippen LogP contribution is -2.49. The maximum Gasteiger partial charge on any atom is 0.264 e. The van der Waals surface area contributed by atoms with Gasteiger partial charge in [0.1, 0.15) is 12.1 Å². The second-order valence-electron chi connectivity index (χ2n) is 8.42. The minimum absolute atomic E-state index is 0.0281. The van der Waals surface area contributed by atoms with Crippen LogP contribution in [0.25, 0.3) is 16.9 Å². The molecule has 2 aliphatic heterocycles. The average Bonchev–Trinajstić information content (AvgIpc) is 3.35. The Bertz CT molecular complexity index is 1120. The molecule has 4 heterocycles. The van der Waals surface area contributed by atoms with Crippen LogP contribution in [0, 0.1) is 0 Å². The maximum absolute atomic E-state index is 14.0. The van der Waals surface area contributed by atoms with E-state index in [0.29, 0.717) is 35.8 Å². The van der Waals surface area contributed by atoms with Crippen LogP contribution >= 0.6 is 0 Å². The Hall–Kier alpha value is -3.27. The Morgan fingerprint density at radius 2 is 2.06 bits per heavy atom. The first-order valence-electron chi connectivity index (χ1n) is 10.5. The predicted molar refractivity (Wildman–Crippen MR) is 115 cm³/mol. The Morgan fingerprint density at radius 1 is 1.22 bits per heavy atom. The lowest BCUT2D eigenvalue weighted by molar-refractivity contribution is -0.0128. The fourth-order valence-electron chi connectivity index (χ4n) is 4.63. The minimum Gasteiger partial charge on any atom is -0.507 e. The molecule has 10 heteroatoms. The number of hydrogen-bond donors (Lipinski definition) is 2. The van der Waals surface area contributed by atoms with Gasteiger partial charge in [0.2, 0.25) is 5.88 Å². The van der Waals surface area contributed by atoms with E-state index in [2.05, 4.69) is 20.5 Å². The van der Waals surface area contributed by atoms with E-state index in [0.717, 1.165) is 5.69 Å². The number of nitrogens with one attached hydrogen (secondary N) is 1. The molecule has 2 aliphatic rings. The van der Waals surface area contributed by atoms with Crippen LogP contribution in [0.2, 0.25) is 0 Å². The quantitative estimate of drug-likeness (QED) is 0.628. The maximum atomic E-state index is 14.0. The van der Waals surface area contributed by atoms with Gasteiger partial charge in [0.15, 0.2) is 5.82 Å². The number of piperidine rings is 1. The molecule has 0 spiro atoms. The van der Waals surface area contributed by atoms with Gasteiger partial charge in [0, 0.05) is 37.2 Å². The fourth-order valence-corrected chi connectivity index (χ4v) is 4.63. The zero-order valence-electron chi connectivity index (χ0n) is 17.7. The van der Waals surface area contributed by atoms with Crippen molar-refractivity contribution in [2.24, 2.45) is 0 Å². The van der Waals surface area contributed by atoms with Crippen molar-refractivity contribution in [3.05, 3.63) is 42.9 Å². The van der Waals surface area contributed by atoms with Crippen molar-refractivity contribution in [1.29, 1.82) is 0 Å². The molecule has 0 saturated carbocycles. The molecule has 168 valence electrons. The summed E-state index contributed by atoms with van der Waals surface area (Å²) in [4.78, 5) is 6.02. The van der Waals surface area contributed by atoms with E-state index in [1.54, 1.807) is 41.4 Å². The van der Waals surface area contributed by atoms with Gasteiger partial charge < -0.3 is 24.6 Å². The highest BCUT2D eigenvalue weighted by atomic mass is 19.3. The van der Waals surface area contributed by atoms with Gasteiger partial charge in [0.05, 0.1) is 30.7 Å². The number of fused-ring (bicyclic) bond motifs is 2. The lowest BCUT2D eigenvalue weighted by Gasteiger charge is -2.36. The van der Waals surface area contributed by atoms with Crippen LogP contribution in [0.4, 0.5) is 14.6 Å². The summed E-state index contributed by atoms with van der Waals surface area (Å²) in [6.07, 6.45) is 4.22. The number of methoxy groups -OCH3 is 1. The fraction of sp³-hybridized carbons (Fsp3) is 0.409. The van der Waals surface area contributed by atoms with Crippen molar-refractivity contribution in [2.45, 2.75) is 43.3 Å². The van der Waals surface area contributed by atoms with Crippen molar-refractivity contribution in [3.63, 3.8) is 0 Å². The highest BCUT2D eigenvalue weighted by Crippen LogP contribution is 2.40. The summed E-state index contributed by atoms with van der Waals surface area (Å²) in [7, 11) is 3.40. The summed E-state index contributed by atoms with van der Waals surface area (Å²) in [5.74, 6) is -1.50. The molecular weight excluding hydrogens is 418 g/mol. The molecule has 5 rings (SSSR count). The van der Waals surface area contributed by atoms with Gasteiger partial charge in [-0.2, -0.15) is 0 Å². The summed E-state index contributed by atoms with van der Waals surface area (Å²) < 4.78 is 34.9. The van der Waals surface area contributed by atoms with Gasteiger partial charge in [-0.15, -0.1) is 10.2 Å². The molecule has 3 aromatic rings. The third kappa shape index (κ3) is 3.64.